The summed E-state index contributed by atoms with van der Waals surface area (Å²) in [6, 6.07) is 2.20. The zero-order valence-corrected chi connectivity index (χ0v) is 15.6. The van der Waals surface area contributed by atoms with Gasteiger partial charge in [0.25, 0.3) is 0 Å². The summed E-state index contributed by atoms with van der Waals surface area (Å²) in [6.45, 7) is 2.17. The van der Waals surface area contributed by atoms with Crippen molar-refractivity contribution in [2.45, 2.75) is 69.4 Å². The van der Waals surface area contributed by atoms with Crippen LogP contribution in [-0.4, -0.2) is 28.6 Å². The number of nitrogens with zero attached hydrogens (tertiary/aromatic N) is 1. The van der Waals surface area contributed by atoms with E-state index in [1.165, 1.54) is 0 Å². The predicted octanol–water partition coefficient (Wildman–Crippen LogP) is 2.10. The molecule has 0 bridgehead atoms. The zero-order chi connectivity index (χ0) is 18.8. The van der Waals surface area contributed by atoms with Crippen molar-refractivity contribution in [3.8, 4) is 6.07 Å². The van der Waals surface area contributed by atoms with Crippen LogP contribution in [0.25, 0.3) is 0 Å². The molecular weight excluding hydrogens is 326 g/mol. The fraction of sp³-hybridized carbons (Fsp3) is 0.714. The number of rotatable bonds is 1. The van der Waals surface area contributed by atoms with Gasteiger partial charge in [-0.3, -0.25) is 4.79 Å². The van der Waals surface area contributed by atoms with Crippen molar-refractivity contribution in [3.63, 3.8) is 0 Å². The molecule has 5 heteroatoms. The average Bonchev–Trinajstić information content (AvgIpc) is 2.87. The summed E-state index contributed by atoms with van der Waals surface area (Å²) in [5.74, 6) is 0.285. The summed E-state index contributed by atoms with van der Waals surface area (Å²) in [6.07, 6.45) is 9.37. The van der Waals surface area contributed by atoms with E-state index in [2.05, 4.69) is 19.1 Å². The quantitative estimate of drug-likeness (QED) is 0.492. The topological polar surface area (TPSA) is 113 Å². The fourth-order valence-corrected chi connectivity index (χ4v) is 6.91. The van der Waals surface area contributed by atoms with E-state index in [9.17, 15) is 15.2 Å². The number of fused-ring (bicyclic) bond motifs is 5. The second-order valence-corrected chi connectivity index (χ2v) is 9.18. The molecule has 3 fully saturated rings. The molecule has 3 unspecified atom stereocenters. The number of nitriles is 1. The molecule has 4 aliphatic carbocycles. The normalized spacial score (nSPS) is 49.0. The summed E-state index contributed by atoms with van der Waals surface area (Å²) in [5, 5.41) is 19.7. The Hall–Kier alpha value is -1.48. The van der Waals surface area contributed by atoms with Gasteiger partial charge in [0.2, 0.25) is 0 Å². The predicted molar refractivity (Wildman–Crippen MR) is 98.7 cm³/mol. The summed E-state index contributed by atoms with van der Waals surface area (Å²) in [5.41, 5.74) is 14.6. The Morgan fingerprint density at radius 3 is 2.73 bits per heavy atom. The van der Waals surface area contributed by atoms with Crippen molar-refractivity contribution in [2.75, 3.05) is 6.61 Å². The van der Waals surface area contributed by atoms with Crippen molar-refractivity contribution in [1.29, 1.82) is 5.26 Å². The van der Waals surface area contributed by atoms with Crippen molar-refractivity contribution >= 4 is 5.78 Å². The van der Waals surface area contributed by atoms with E-state index >= 15 is 0 Å². The number of hydrogen-bond donors (Lipinski definition) is 3. The molecule has 4 aliphatic rings. The molecule has 5 N–H and O–H groups in total. The molecule has 0 aromatic carbocycles. The summed E-state index contributed by atoms with van der Waals surface area (Å²) in [4.78, 5) is 12.0. The van der Waals surface area contributed by atoms with E-state index in [4.69, 9.17) is 11.5 Å². The van der Waals surface area contributed by atoms with Crippen molar-refractivity contribution in [1.82, 2.24) is 0 Å². The number of Topliss-reactive ketones (excluding diaryl/α,β-unsaturated/α-hetero) is 1. The largest absolute Gasteiger partial charge is 0.395 e. The zero-order valence-electron chi connectivity index (χ0n) is 15.6. The van der Waals surface area contributed by atoms with Gasteiger partial charge in [-0.15, -0.1) is 0 Å². The van der Waals surface area contributed by atoms with Gasteiger partial charge in [-0.1, -0.05) is 24.1 Å². The summed E-state index contributed by atoms with van der Waals surface area (Å²) >= 11 is 0. The molecule has 3 saturated carbocycles. The van der Waals surface area contributed by atoms with Gasteiger partial charge in [0, 0.05) is 46.7 Å². The minimum atomic E-state index is -0.594. The minimum absolute atomic E-state index is 0.0210. The SMILES string of the molecule is CC12CC[C@@]3(N)C(CC=C4CC(=O)CCC43CO)[C@]1(N)CC/C2=C/C#N. The third-order valence-electron chi connectivity index (χ3n) is 8.66. The lowest BCUT2D eigenvalue weighted by Gasteiger charge is -2.66. The Morgan fingerprint density at radius 2 is 2.04 bits per heavy atom. The first kappa shape index (κ1) is 17.9. The maximum absolute atomic E-state index is 12.0. The molecule has 4 rings (SSSR count). The first-order valence-electron chi connectivity index (χ1n) is 9.76. The number of ketones is 1. The molecule has 0 aromatic rings. The van der Waals surface area contributed by atoms with Gasteiger partial charge >= 0.3 is 0 Å². The highest BCUT2D eigenvalue weighted by Crippen LogP contribution is 2.67. The molecule has 0 radical (unpaired) electrons. The Morgan fingerprint density at radius 1 is 1.27 bits per heavy atom. The third-order valence-corrected chi connectivity index (χ3v) is 8.66. The van der Waals surface area contributed by atoms with Crippen LogP contribution in [0.2, 0.25) is 0 Å². The van der Waals surface area contributed by atoms with Crippen LogP contribution in [0.5, 0.6) is 0 Å². The molecule has 26 heavy (non-hydrogen) atoms. The van der Waals surface area contributed by atoms with E-state index in [0.717, 1.165) is 43.3 Å². The maximum Gasteiger partial charge on any atom is 0.136 e. The third kappa shape index (κ3) is 1.88. The average molecular weight is 355 g/mol. The first-order valence-corrected chi connectivity index (χ1v) is 9.76. The summed E-state index contributed by atoms with van der Waals surface area (Å²) < 4.78 is 0. The van der Waals surface area contributed by atoms with E-state index in [1.54, 1.807) is 6.08 Å². The molecule has 0 spiro atoms. The van der Waals surface area contributed by atoms with Crippen LogP contribution in [0.4, 0.5) is 0 Å². The fourth-order valence-electron chi connectivity index (χ4n) is 6.91. The lowest BCUT2D eigenvalue weighted by atomic mass is 9.42. The van der Waals surface area contributed by atoms with Crippen LogP contribution in [0.1, 0.15) is 58.3 Å². The van der Waals surface area contributed by atoms with E-state index < -0.39 is 16.5 Å². The van der Waals surface area contributed by atoms with Gasteiger partial charge in [0.05, 0.1) is 12.7 Å². The molecule has 5 nitrogen and oxygen atoms in total. The Kier molecular flexibility index (Phi) is 3.80. The van der Waals surface area contributed by atoms with E-state index in [-0.39, 0.29) is 23.7 Å². The smallest absolute Gasteiger partial charge is 0.136 e. The lowest BCUT2D eigenvalue weighted by Crippen LogP contribution is -2.76. The highest BCUT2D eigenvalue weighted by molar-refractivity contribution is 5.83. The summed E-state index contributed by atoms with van der Waals surface area (Å²) in [7, 11) is 0. The highest BCUT2D eigenvalue weighted by Gasteiger charge is 2.69. The number of carbonyl (C=O) groups excluding carboxylic acids is 1. The van der Waals surface area contributed by atoms with E-state index in [0.29, 0.717) is 19.3 Å². The molecule has 5 atom stereocenters. The Bertz CT molecular complexity index is 766. The minimum Gasteiger partial charge on any atom is -0.395 e. The number of nitrogens with two attached hydrogens (primary N) is 2. The second kappa shape index (κ2) is 5.51. The molecule has 140 valence electrons. The van der Waals surface area contributed by atoms with Crippen LogP contribution < -0.4 is 11.5 Å². The van der Waals surface area contributed by atoms with Crippen LogP contribution in [-0.2, 0) is 4.79 Å². The van der Waals surface area contributed by atoms with Crippen LogP contribution >= 0.6 is 0 Å². The van der Waals surface area contributed by atoms with Crippen molar-refractivity contribution in [2.24, 2.45) is 28.2 Å². The van der Waals surface area contributed by atoms with Crippen LogP contribution in [0.3, 0.4) is 0 Å². The van der Waals surface area contributed by atoms with Crippen molar-refractivity contribution < 1.29 is 9.90 Å². The first-order chi connectivity index (χ1) is 12.3. The monoisotopic (exact) mass is 355 g/mol. The Labute approximate surface area is 155 Å². The molecule has 0 heterocycles. The van der Waals surface area contributed by atoms with Gasteiger partial charge in [-0.2, -0.15) is 5.26 Å². The number of allylic oxidation sites excluding steroid dienone is 2. The molecule has 0 amide bonds. The molecule has 0 aromatic heterocycles. The number of aliphatic hydroxyl groups is 1. The standard InChI is InChI=1S/C21H29N3O2/c1-18-9-10-21(24)17(20(18,23)8-4-14(18)6-11-22)3-2-15-12-16(26)5-7-19(15,21)13-25/h2,6,17,25H,3-5,7-10,12-13,23-24H2,1H3/b14-6-/t17?,18?,19?,20-,21-/m1/s1. The number of aliphatic hydroxyl groups excluding tert-OH is 1. The highest BCUT2D eigenvalue weighted by atomic mass is 16.3. The van der Waals surface area contributed by atoms with Gasteiger partial charge < -0.3 is 16.6 Å². The van der Waals surface area contributed by atoms with Crippen molar-refractivity contribution in [3.05, 3.63) is 23.3 Å². The van der Waals surface area contributed by atoms with E-state index in [1.807, 2.05) is 0 Å². The van der Waals surface area contributed by atoms with Crippen LogP contribution in [0.15, 0.2) is 23.3 Å². The molecular formula is C21H29N3O2. The molecule has 0 aliphatic heterocycles. The van der Waals surface area contributed by atoms with Crippen LogP contribution in [0, 0.1) is 28.1 Å². The Balaban J connectivity index is 1.84. The van der Waals surface area contributed by atoms with Gasteiger partial charge in [0.1, 0.15) is 5.78 Å². The maximum atomic E-state index is 12.0. The number of carbonyl (C=O) groups is 1. The number of hydrogen-bond acceptors (Lipinski definition) is 5. The van der Waals surface area contributed by atoms with Gasteiger partial charge in [-0.05, 0) is 38.5 Å². The molecule has 0 saturated heterocycles. The van der Waals surface area contributed by atoms with Gasteiger partial charge in [-0.25, -0.2) is 0 Å². The lowest BCUT2D eigenvalue weighted by molar-refractivity contribution is -0.125. The van der Waals surface area contributed by atoms with Gasteiger partial charge in [0.15, 0.2) is 0 Å². The second-order valence-electron chi connectivity index (χ2n) is 9.18.